The van der Waals surface area contributed by atoms with Crippen molar-refractivity contribution in [3.8, 4) is 0 Å². The van der Waals surface area contributed by atoms with Crippen molar-refractivity contribution >= 4 is 39.5 Å². The highest BCUT2D eigenvalue weighted by molar-refractivity contribution is 7.89. The molecular formula is C23H30N6O7S. The number of H-pyrrole nitrogens is 1. The summed E-state index contributed by atoms with van der Waals surface area (Å²) in [5.41, 5.74) is 2.44. The number of carboxylic acids is 1. The van der Waals surface area contributed by atoms with Gasteiger partial charge in [0.05, 0.1) is 10.6 Å². The van der Waals surface area contributed by atoms with E-state index in [1.165, 1.54) is 6.20 Å². The van der Waals surface area contributed by atoms with Gasteiger partial charge in [-0.3, -0.25) is 19.7 Å². The first kappa shape index (κ1) is 27.8. The van der Waals surface area contributed by atoms with Gasteiger partial charge in [0.2, 0.25) is 28.0 Å². The van der Waals surface area contributed by atoms with Crippen molar-refractivity contribution in [2.45, 2.75) is 63.5 Å². The van der Waals surface area contributed by atoms with Gasteiger partial charge in [-0.15, -0.1) is 0 Å². The minimum absolute atomic E-state index is 0.00527. The number of aliphatic carboxylic acids is 1. The highest BCUT2D eigenvalue weighted by Crippen LogP contribution is 2.22. The summed E-state index contributed by atoms with van der Waals surface area (Å²) in [5, 5.41) is 18.4. The number of aryl methyl sites for hydroxylation is 3. The third-order valence-corrected chi connectivity index (χ3v) is 7.37. The Morgan fingerprint density at radius 2 is 1.92 bits per heavy atom. The summed E-state index contributed by atoms with van der Waals surface area (Å²) in [5.74, 6) is -1.93. The molecule has 0 radical (unpaired) electrons. The Morgan fingerprint density at radius 3 is 2.54 bits per heavy atom. The summed E-state index contributed by atoms with van der Waals surface area (Å²) in [7, 11) is -4.17. The first-order valence-electron chi connectivity index (χ1n) is 11.6. The maximum Gasteiger partial charge on any atom is 0.323 e. The lowest BCUT2D eigenvalue weighted by Crippen LogP contribution is -2.50. The molecule has 2 amide bonds. The molecule has 2 unspecified atom stereocenters. The number of carboxylic acid groups (broad SMARTS) is 1. The Labute approximate surface area is 214 Å². The number of carbonyl (C=O) groups excluding carboxylic acids is 2. The van der Waals surface area contributed by atoms with Crippen LogP contribution in [0, 0.1) is 20.8 Å². The lowest BCUT2D eigenvalue weighted by atomic mass is 10.1. The largest absolute Gasteiger partial charge is 0.480 e. The molecule has 3 rings (SSSR count). The summed E-state index contributed by atoms with van der Waals surface area (Å²) in [6, 6.07) is 1.79. The molecule has 14 heteroatoms. The van der Waals surface area contributed by atoms with E-state index >= 15 is 0 Å². The quantitative estimate of drug-likeness (QED) is 0.267. The zero-order valence-electron chi connectivity index (χ0n) is 20.7. The van der Waals surface area contributed by atoms with E-state index in [4.69, 9.17) is 4.84 Å². The number of anilines is 1. The molecule has 0 aliphatic carbocycles. The lowest BCUT2D eigenvalue weighted by molar-refractivity contribution is -0.139. The number of rotatable bonds is 12. The van der Waals surface area contributed by atoms with Crippen molar-refractivity contribution in [1.82, 2.24) is 20.0 Å². The molecule has 1 aliphatic rings. The highest BCUT2D eigenvalue weighted by atomic mass is 32.2. The van der Waals surface area contributed by atoms with Crippen molar-refractivity contribution in [2.24, 2.45) is 5.16 Å². The second kappa shape index (κ2) is 12.0. The number of amides is 2. The number of oxime groups is 1. The van der Waals surface area contributed by atoms with Crippen LogP contribution in [0.3, 0.4) is 0 Å². The van der Waals surface area contributed by atoms with E-state index in [9.17, 15) is 27.9 Å². The number of imidazole rings is 1. The summed E-state index contributed by atoms with van der Waals surface area (Å²) in [4.78, 5) is 48.0. The van der Waals surface area contributed by atoms with Gasteiger partial charge in [-0.2, -0.15) is 4.72 Å². The minimum atomic E-state index is -4.17. The molecule has 1 aromatic heterocycles. The van der Waals surface area contributed by atoms with Crippen LogP contribution in [0.25, 0.3) is 0 Å². The van der Waals surface area contributed by atoms with Gasteiger partial charge in [0.1, 0.15) is 6.04 Å². The Kier molecular flexibility index (Phi) is 8.99. The summed E-state index contributed by atoms with van der Waals surface area (Å²) in [6.07, 6.45) is 3.44. The molecule has 0 bridgehead atoms. The van der Waals surface area contributed by atoms with Crippen LogP contribution in [0.15, 0.2) is 34.6 Å². The predicted octanol–water partition coefficient (Wildman–Crippen LogP) is 1.14. The number of nitrogens with zero attached hydrogens (tertiary/aromatic N) is 2. The maximum absolute atomic E-state index is 12.9. The smallest absolute Gasteiger partial charge is 0.323 e. The molecule has 13 nitrogen and oxygen atoms in total. The van der Waals surface area contributed by atoms with Crippen LogP contribution in [-0.2, 0) is 29.2 Å². The summed E-state index contributed by atoms with van der Waals surface area (Å²) in [6.45, 7) is 4.61. The van der Waals surface area contributed by atoms with E-state index < -0.39 is 40.6 Å². The second-order valence-electron chi connectivity index (χ2n) is 8.78. The average Bonchev–Trinajstić information content (AvgIpc) is 3.47. The van der Waals surface area contributed by atoms with E-state index in [0.717, 1.165) is 5.56 Å². The third-order valence-electron chi connectivity index (χ3n) is 5.60. The normalized spacial score (nSPS) is 16.0. The van der Waals surface area contributed by atoms with E-state index in [2.05, 4.69) is 30.5 Å². The number of sulfonamides is 1. The molecule has 0 spiro atoms. The Morgan fingerprint density at radius 1 is 1.22 bits per heavy atom. The zero-order valence-corrected chi connectivity index (χ0v) is 21.5. The van der Waals surface area contributed by atoms with Crippen molar-refractivity contribution in [2.75, 3.05) is 11.9 Å². The molecule has 0 fully saturated rings. The zero-order chi connectivity index (χ0) is 27.2. The standard InChI is InChI=1S/C23H30N6O7S/c1-13-9-14(2)20(15(3)10-13)37(34,35)29-17(22(32)33)12-26-21(31)18-11-16(28-36-18)5-4-6-19(30)27-23-24-7-8-25-23/h7-10,17-18,29H,4-6,11-12H2,1-3H3,(H,26,31)(H,32,33)(H2,24,25,27,30). The number of aromatic amines is 1. The first-order valence-corrected chi connectivity index (χ1v) is 13.1. The number of nitrogens with one attached hydrogen (secondary N) is 4. The molecule has 2 heterocycles. The SMILES string of the molecule is Cc1cc(C)c(S(=O)(=O)NC(CNC(=O)C2CC(CCCC(=O)Nc3ncc[nH]3)=NO2)C(=O)O)c(C)c1. The first-order chi connectivity index (χ1) is 17.5. The number of hydrogen-bond acceptors (Lipinski definition) is 8. The Balaban J connectivity index is 1.47. The summed E-state index contributed by atoms with van der Waals surface area (Å²) >= 11 is 0. The fourth-order valence-corrected chi connectivity index (χ4v) is 5.67. The monoisotopic (exact) mass is 534 g/mol. The highest BCUT2D eigenvalue weighted by Gasteiger charge is 2.31. The van der Waals surface area contributed by atoms with Crippen LogP contribution in [0.4, 0.5) is 5.95 Å². The fourth-order valence-electron chi connectivity index (χ4n) is 4.03. The maximum atomic E-state index is 12.9. The number of aromatic nitrogens is 2. The molecule has 1 aromatic carbocycles. The van der Waals surface area contributed by atoms with Crippen LogP contribution < -0.4 is 15.4 Å². The lowest BCUT2D eigenvalue weighted by Gasteiger charge is -2.19. The van der Waals surface area contributed by atoms with Gasteiger partial charge >= 0.3 is 5.97 Å². The van der Waals surface area contributed by atoms with Crippen LogP contribution in [0.2, 0.25) is 0 Å². The molecule has 2 aromatic rings. The molecule has 1 aliphatic heterocycles. The van der Waals surface area contributed by atoms with Crippen LogP contribution in [0.1, 0.15) is 42.4 Å². The molecule has 0 saturated heterocycles. The van der Waals surface area contributed by atoms with Gasteiger partial charge in [-0.1, -0.05) is 22.9 Å². The number of carbonyl (C=O) groups is 3. The molecule has 200 valence electrons. The Bertz CT molecular complexity index is 1270. The average molecular weight is 535 g/mol. The molecule has 5 N–H and O–H groups in total. The van der Waals surface area contributed by atoms with Gasteiger partial charge in [-0.05, 0) is 44.7 Å². The fraction of sp³-hybridized carbons (Fsp3) is 0.435. The van der Waals surface area contributed by atoms with E-state index in [1.54, 1.807) is 32.2 Å². The van der Waals surface area contributed by atoms with E-state index in [0.29, 0.717) is 35.6 Å². The minimum Gasteiger partial charge on any atom is -0.480 e. The van der Waals surface area contributed by atoms with Crippen molar-refractivity contribution in [1.29, 1.82) is 0 Å². The van der Waals surface area contributed by atoms with Gasteiger partial charge in [0.15, 0.2) is 0 Å². The van der Waals surface area contributed by atoms with Gasteiger partial charge in [0.25, 0.3) is 5.91 Å². The topological polar surface area (TPSA) is 192 Å². The predicted molar refractivity (Wildman–Crippen MR) is 133 cm³/mol. The van der Waals surface area contributed by atoms with Crippen LogP contribution in [0.5, 0.6) is 0 Å². The van der Waals surface area contributed by atoms with Crippen molar-refractivity contribution < 1.29 is 32.7 Å². The third kappa shape index (κ3) is 7.60. The number of hydrogen-bond donors (Lipinski definition) is 5. The van der Waals surface area contributed by atoms with Crippen molar-refractivity contribution in [3.05, 3.63) is 41.2 Å². The molecular weight excluding hydrogens is 504 g/mol. The molecule has 37 heavy (non-hydrogen) atoms. The second-order valence-corrected chi connectivity index (χ2v) is 10.4. The Hall–Kier alpha value is -3.78. The molecule has 0 saturated carbocycles. The molecule has 2 atom stereocenters. The summed E-state index contributed by atoms with van der Waals surface area (Å²) < 4.78 is 28.0. The number of benzene rings is 1. The van der Waals surface area contributed by atoms with Crippen LogP contribution >= 0.6 is 0 Å². The van der Waals surface area contributed by atoms with Gasteiger partial charge in [0, 0.05) is 31.8 Å². The van der Waals surface area contributed by atoms with Crippen molar-refractivity contribution in [3.63, 3.8) is 0 Å². The van der Waals surface area contributed by atoms with Gasteiger partial charge in [-0.25, -0.2) is 13.4 Å². The van der Waals surface area contributed by atoms with Gasteiger partial charge < -0.3 is 20.2 Å². The van der Waals surface area contributed by atoms with E-state index in [-0.39, 0.29) is 23.6 Å². The van der Waals surface area contributed by atoms with E-state index in [1.807, 2.05) is 6.92 Å². The van der Waals surface area contributed by atoms with Crippen LogP contribution in [-0.4, -0.2) is 65.7 Å².